The quantitative estimate of drug-likeness (QED) is 0.811. The molecule has 2 aliphatic heterocycles. The first-order valence-electron chi connectivity index (χ1n) is 9.51. The molecular formula is C20H28FN3O3. The van der Waals surface area contributed by atoms with E-state index in [1.165, 1.54) is 12.1 Å². The third kappa shape index (κ3) is 4.90. The fourth-order valence-electron chi connectivity index (χ4n) is 3.58. The van der Waals surface area contributed by atoms with Crippen LogP contribution in [0, 0.1) is 5.82 Å². The molecule has 3 amide bonds. The van der Waals surface area contributed by atoms with Crippen molar-refractivity contribution < 1.29 is 18.7 Å². The second kappa shape index (κ2) is 7.74. The van der Waals surface area contributed by atoms with Crippen molar-refractivity contribution in [3.8, 4) is 0 Å². The van der Waals surface area contributed by atoms with E-state index in [2.05, 4.69) is 0 Å². The van der Waals surface area contributed by atoms with Gasteiger partial charge in [-0.3, -0.25) is 0 Å². The molecule has 0 radical (unpaired) electrons. The lowest BCUT2D eigenvalue weighted by Gasteiger charge is -2.37. The number of carbonyl (C=O) groups excluding carboxylic acids is 2. The summed E-state index contributed by atoms with van der Waals surface area (Å²) in [6.45, 7) is 8.62. The van der Waals surface area contributed by atoms with Crippen molar-refractivity contribution in [3.05, 3.63) is 35.6 Å². The zero-order valence-electron chi connectivity index (χ0n) is 16.3. The number of urea groups is 1. The van der Waals surface area contributed by atoms with Gasteiger partial charge in [-0.05, 0) is 51.3 Å². The topological polar surface area (TPSA) is 53.1 Å². The summed E-state index contributed by atoms with van der Waals surface area (Å²) in [4.78, 5) is 30.4. The van der Waals surface area contributed by atoms with E-state index in [9.17, 15) is 14.0 Å². The summed E-state index contributed by atoms with van der Waals surface area (Å²) in [6, 6.07) is 6.43. The molecule has 7 heteroatoms. The van der Waals surface area contributed by atoms with E-state index in [-0.39, 0.29) is 24.0 Å². The minimum absolute atomic E-state index is 0.0232. The Bertz CT molecular complexity index is 679. The number of ether oxygens (including phenoxy) is 1. The van der Waals surface area contributed by atoms with E-state index in [0.29, 0.717) is 32.7 Å². The molecule has 6 nitrogen and oxygen atoms in total. The maximum Gasteiger partial charge on any atom is 0.410 e. The van der Waals surface area contributed by atoms with Crippen molar-refractivity contribution in [2.45, 2.75) is 51.8 Å². The molecule has 3 rings (SSSR count). The van der Waals surface area contributed by atoms with E-state index >= 15 is 0 Å². The highest BCUT2D eigenvalue weighted by molar-refractivity contribution is 5.77. The third-order valence-corrected chi connectivity index (χ3v) is 4.97. The van der Waals surface area contributed by atoms with Crippen LogP contribution in [0.4, 0.5) is 14.0 Å². The van der Waals surface area contributed by atoms with Crippen LogP contribution in [-0.2, 0) is 11.3 Å². The zero-order valence-corrected chi connectivity index (χ0v) is 16.3. The second-order valence-electron chi connectivity index (χ2n) is 8.22. The molecular weight excluding hydrogens is 349 g/mol. The number of piperidine rings is 1. The maximum absolute atomic E-state index is 13.0. The Morgan fingerprint density at radius 1 is 1.11 bits per heavy atom. The Balaban J connectivity index is 1.51. The fourth-order valence-corrected chi connectivity index (χ4v) is 3.58. The number of nitrogens with zero attached hydrogens (tertiary/aromatic N) is 3. The number of halogens is 1. The molecule has 27 heavy (non-hydrogen) atoms. The third-order valence-electron chi connectivity index (χ3n) is 4.97. The lowest BCUT2D eigenvalue weighted by Crippen LogP contribution is -2.49. The largest absolute Gasteiger partial charge is 0.444 e. The maximum atomic E-state index is 13.0. The summed E-state index contributed by atoms with van der Waals surface area (Å²) in [5, 5.41) is 0. The van der Waals surface area contributed by atoms with Crippen LogP contribution in [0.25, 0.3) is 0 Å². The molecule has 1 aromatic rings. The molecule has 2 fully saturated rings. The molecule has 0 N–H and O–H groups in total. The number of likely N-dealkylation sites (tertiary alicyclic amines) is 1. The summed E-state index contributed by atoms with van der Waals surface area (Å²) >= 11 is 0. The Morgan fingerprint density at radius 3 is 2.33 bits per heavy atom. The summed E-state index contributed by atoms with van der Waals surface area (Å²) in [5.41, 5.74) is 0.422. The van der Waals surface area contributed by atoms with E-state index in [0.717, 1.165) is 18.4 Å². The van der Waals surface area contributed by atoms with Gasteiger partial charge < -0.3 is 19.4 Å². The molecule has 0 spiro atoms. The van der Waals surface area contributed by atoms with Gasteiger partial charge in [-0.2, -0.15) is 0 Å². The molecule has 2 heterocycles. The number of amides is 3. The minimum atomic E-state index is -0.500. The summed E-state index contributed by atoms with van der Waals surface area (Å²) < 4.78 is 18.5. The highest BCUT2D eigenvalue weighted by Gasteiger charge is 2.36. The second-order valence-corrected chi connectivity index (χ2v) is 8.22. The van der Waals surface area contributed by atoms with Crippen molar-refractivity contribution in [1.29, 1.82) is 0 Å². The zero-order chi connectivity index (χ0) is 19.6. The molecule has 0 atom stereocenters. The van der Waals surface area contributed by atoms with Crippen molar-refractivity contribution >= 4 is 12.1 Å². The van der Waals surface area contributed by atoms with Gasteiger partial charge in [-0.25, -0.2) is 14.0 Å². The van der Waals surface area contributed by atoms with Gasteiger partial charge in [0.1, 0.15) is 11.4 Å². The highest BCUT2D eigenvalue weighted by atomic mass is 19.1. The molecule has 0 unspecified atom stereocenters. The van der Waals surface area contributed by atoms with Crippen molar-refractivity contribution in [2.75, 3.05) is 26.2 Å². The Morgan fingerprint density at radius 2 is 1.74 bits per heavy atom. The van der Waals surface area contributed by atoms with Crippen LogP contribution in [0.2, 0.25) is 0 Å². The standard InChI is InChI=1S/C20H28FN3O3/c1-20(2,3)27-19(26)22-10-8-17(9-11-22)24-13-12-23(18(24)25)14-15-4-6-16(21)7-5-15/h4-7,17H,8-14H2,1-3H3. The normalized spacial score (nSPS) is 19.0. The molecule has 2 saturated heterocycles. The Kier molecular flexibility index (Phi) is 5.58. The number of hydrogen-bond donors (Lipinski definition) is 0. The SMILES string of the molecule is CC(C)(C)OC(=O)N1CCC(N2CCN(Cc3ccc(F)cc3)C2=O)CC1. The summed E-state index contributed by atoms with van der Waals surface area (Å²) in [6.07, 6.45) is 1.23. The van der Waals surface area contributed by atoms with E-state index in [1.807, 2.05) is 25.7 Å². The average molecular weight is 377 g/mol. The predicted octanol–water partition coefficient (Wildman–Crippen LogP) is 3.46. The average Bonchev–Trinajstić information content (AvgIpc) is 2.96. The molecule has 1 aromatic carbocycles. The van der Waals surface area contributed by atoms with E-state index < -0.39 is 5.60 Å². The van der Waals surface area contributed by atoms with Gasteiger partial charge in [0, 0.05) is 38.8 Å². The van der Waals surface area contributed by atoms with Gasteiger partial charge in [-0.1, -0.05) is 12.1 Å². The monoisotopic (exact) mass is 377 g/mol. The van der Waals surface area contributed by atoms with Crippen LogP contribution in [0.1, 0.15) is 39.2 Å². The van der Waals surface area contributed by atoms with Gasteiger partial charge in [0.2, 0.25) is 0 Å². The molecule has 2 aliphatic rings. The first-order valence-corrected chi connectivity index (χ1v) is 9.51. The van der Waals surface area contributed by atoms with Crippen LogP contribution in [0.15, 0.2) is 24.3 Å². The van der Waals surface area contributed by atoms with Crippen LogP contribution in [0.3, 0.4) is 0 Å². The molecule has 148 valence electrons. The fraction of sp³-hybridized carbons (Fsp3) is 0.600. The van der Waals surface area contributed by atoms with Gasteiger partial charge in [0.05, 0.1) is 0 Å². The summed E-state index contributed by atoms with van der Waals surface area (Å²) in [5.74, 6) is -0.273. The highest BCUT2D eigenvalue weighted by Crippen LogP contribution is 2.23. The molecule has 0 aliphatic carbocycles. The molecule has 0 saturated carbocycles. The van der Waals surface area contributed by atoms with Gasteiger partial charge >= 0.3 is 12.1 Å². The van der Waals surface area contributed by atoms with Crippen molar-refractivity contribution in [3.63, 3.8) is 0 Å². The minimum Gasteiger partial charge on any atom is -0.444 e. The number of benzene rings is 1. The first-order chi connectivity index (χ1) is 12.7. The van der Waals surface area contributed by atoms with Crippen LogP contribution >= 0.6 is 0 Å². The van der Waals surface area contributed by atoms with Crippen molar-refractivity contribution in [2.24, 2.45) is 0 Å². The lowest BCUT2D eigenvalue weighted by molar-refractivity contribution is 0.0170. The van der Waals surface area contributed by atoms with E-state index in [4.69, 9.17) is 4.74 Å². The Labute approximate surface area is 159 Å². The smallest absolute Gasteiger partial charge is 0.410 e. The van der Waals surface area contributed by atoms with Gasteiger partial charge in [0.15, 0.2) is 0 Å². The van der Waals surface area contributed by atoms with Gasteiger partial charge in [-0.15, -0.1) is 0 Å². The number of hydrogen-bond acceptors (Lipinski definition) is 3. The van der Waals surface area contributed by atoms with Gasteiger partial charge in [0.25, 0.3) is 0 Å². The molecule has 0 aromatic heterocycles. The number of carbonyl (C=O) groups is 2. The predicted molar refractivity (Wildman–Crippen MR) is 99.7 cm³/mol. The Hall–Kier alpha value is -2.31. The summed E-state index contributed by atoms with van der Waals surface area (Å²) in [7, 11) is 0. The van der Waals surface area contributed by atoms with Crippen LogP contribution in [0.5, 0.6) is 0 Å². The molecule has 0 bridgehead atoms. The number of rotatable bonds is 3. The first kappa shape index (κ1) is 19.5. The lowest BCUT2D eigenvalue weighted by atomic mass is 10.0. The van der Waals surface area contributed by atoms with Crippen molar-refractivity contribution in [1.82, 2.24) is 14.7 Å². The van der Waals surface area contributed by atoms with Crippen LogP contribution in [-0.4, -0.2) is 64.6 Å². The van der Waals surface area contributed by atoms with E-state index in [1.54, 1.807) is 21.9 Å². The van der Waals surface area contributed by atoms with Crippen LogP contribution < -0.4 is 0 Å².